The summed E-state index contributed by atoms with van der Waals surface area (Å²) in [4.78, 5) is 18.1. The van der Waals surface area contributed by atoms with Crippen LogP contribution in [0.15, 0.2) is 17.3 Å². The van der Waals surface area contributed by atoms with Gasteiger partial charge in [0.25, 0.3) is 0 Å². The van der Waals surface area contributed by atoms with Crippen LogP contribution >= 0.6 is 11.6 Å². The molecule has 2 N–H and O–H groups in total. The summed E-state index contributed by atoms with van der Waals surface area (Å²) in [5.41, 5.74) is 0. The Morgan fingerprint density at radius 1 is 1.44 bits per heavy atom. The van der Waals surface area contributed by atoms with E-state index in [1.54, 1.807) is 0 Å². The molecule has 0 aliphatic carbocycles. The summed E-state index contributed by atoms with van der Waals surface area (Å²) < 4.78 is 26.1. The van der Waals surface area contributed by atoms with Gasteiger partial charge in [-0.15, -0.1) is 0 Å². The maximum Gasteiger partial charge on any atom is 0.243 e. The van der Waals surface area contributed by atoms with Gasteiger partial charge < -0.3 is 5.32 Å². The Bertz CT molecular complexity index is 545. The smallest absolute Gasteiger partial charge is 0.243 e. The molecule has 1 fully saturated rings. The van der Waals surface area contributed by atoms with Gasteiger partial charge in [0, 0.05) is 19.0 Å². The molecule has 18 heavy (non-hydrogen) atoms. The first-order valence-electron chi connectivity index (χ1n) is 5.24. The summed E-state index contributed by atoms with van der Waals surface area (Å²) in [6.07, 6.45) is 3.31. The van der Waals surface area contributed by atoms with Gasteiger partial charge in [-0.2, -0.15) is 0 Å². The van der Waals surface area contributed by atoms with Crippen molar-refractivity contribution in [3.63, 3.8) is 0 Å². The fourth-order valence-corrected chi connectivity index (χ4v) is 2.63. The zero-order valence-electron chi connectivity index (χ0n) is 9.26. The molecule has 98 valence electrons. The Morgan fingerprint density at radius 3 is 2.67 bits per heavy atom. The quantitative estimate of drug-likeness (QED) is 0.741. The number of hydrogen-bond acceptors (Lipinski definition) is 5. The normalized spacial score (nSPS) is 19.8. The van der Waals surface area contributed by atoms with Crippen LogP contribution < -0.4 is 10.0 Å². The Balaban J connectivity index is 1.99. The first kappa shape index (κ1) is 13.2. The molecule has 1 atom stereocenters. The van der Waals surface area contributed by atoms with Crippen molar-refractivity contribution in [3.05, 3.63) is 17.7 Å². The van der Waals surface area contributed by atoms with E-state index < -0.39 is 10.0 Å². The van der Waals surface area contributed by atoms with Crippen molar-refractivity contribution in [2.75, 3.05) is 6.54 Å². The highest BCUT2D eigenvalue weighted by molar-refractivity contribution is 7.89. The molecule has 1 aliphatic rings. The van der Waals surface area contributed by atoms with Crippen molar-refractivity contribution in [2.45, 2.75) is 23.8 Å². The zero-order chi connectivity index (χ0) is 13.2. The largest absolute Gasteiger partial charge is 0.352 e. The van der Waals surface area contributed by atoms with E-state index >= 15 is 0 Å². The number of nitrogens with zero attached hydrogens (tertiary/aromatic N) is 2. The van der Waals surface area contributed by atoms with Gasteiger partial charge in [0.2, 0.25) is 21.2 Å². The van der Waals surface area contributed by atoms with Crippen LogP contribution in [0.3, 0.4) is 0 Å². The predicted molar refractivity (Wildman–Crippen MR) is 63.4 cm³/mol. The second kappa shape index (κ2) is 5.17. The van der Waals surface area contributed by atoms with E-state index in [2.05, 4.69) is 20.0 Å². The molecule has 0 bridgehead atoms. The van der Waals surface area contributed by atoms with Gasteiger partial charge in [0.05, 0.1) is 12.4 Å². The standard InChI is InChI=1S/C9H11ClN4O3S/c10-9-11-4-7(5-12-9)18(16,17)13-3-6-1-2-8(15)14-6/h4-6,13H,1-3H2,(H,14,15). The first-order valence-corrected chi connectivity index (χ1v) is 7.10. The molecule has 0 aromatic carbocycles. The topological polar surface area (TPSA) is 101 Å². The van der Waals surface area contributed by atoms with Gasteiger partial charge in [-0.1, -0.05) is 0 Å². The van der Waals surface area contributed by atoms with Crippen LogP contribution in [0.5, 0.6) is 0 Å². The zero-order valence-corrected chi connectivity index (χ0v) is 10.8. The Kier molecular flexibility index (Phi) is 3.79. The number of rotatable bonds is 4. The lowest BCUT2D eigenvalue weighted by Gasteiger charge is -2.11. The minimum Gasteiger partial charge on any atom is -0.352 e. The minimum atomic E-state index is -3.67. The van der Waals surface area contributed by atoms with Crippen LogP contribution in [0.1, 0.15) is 12.8 Å². The van der Waals surface area contributed by atoms with Gasteiger partial charge in [-0.05, 0) is 18.0 Å². The van der Waals surface area contributed by atoms with Gasteiger partial charge in [0.1, 0.15) is 4.90 Å². The van der Waals surface area contributed by atoms with Crippen LogP contribution in [-0.4, -0.2) is 36.9 Å². The molecule has 0 saturated carbocycles. The molecule has 1 aromatic heterocycles. The molecule has 1 aliphatic heterocycles. The van der Waals surface area contributed by atoms with E-state index in [0.717, 1.165) is 12.4 Å². The fourth-order valence-electron chi connectivity index (χ4n) is 1.56. The monoisotopic (exact) mass is 290 g/mol. The van der Waals surface area contributed by atoms with Crippen molar-refractivity contribution in [3.8, 4) is 0 Å². The SMILES string of the molecule is O=C1CCC(CNS(=O)(=O)c2cnc(Cl)nc2)N1. The molecule has 2 rings (SSSR count). The Labute approximate surface area is 109 Å². The average Bonchev–Trinajstić information content (AvgIpc) is 2.73. The molecule has 9 heteroatoms. The maximum atomic E-state index is 11.8. The Morgan fingerprint density at radius 2 is 2.11 bits per heavy atom. The highest BCUT2D eigenvalue weighted by Crippen LogP contribution is 2.09. The second-order valence-corrected chi connectivity index (χ2v) is 5.95. The van der Waals surface area contributed by atoms with Gasteiger partial charge >= 0.3 is 0 Å². The molecule has 0 radical (unpaired) electrons. The van der Waals surface area contributed by atoms with Crippen molar-refractivity contribution in [1.82, 2.24) is 20.0 Å². The number of carbonyl (C=O) groups excluding carboxylic acids is 1. The third-order valence-corrected chi connectivity index (χ3v) is 4.08. The number of sulfonamides is 1. The van der Waals surface area contributed by atoms with E-state index in [-0.39, 0.29) is 28.7 Å². The molecule has 1 amide bonds. The predicted octanol–water partition coefficient (Wildman–Crippen LogP) is -0.313. The van der Waals surface area contributed by atoms with E-state index in [0.29, 0.717) is 12.8 Å². The summed E-state index contributed by atoms with van der Waals surface area (Å²) in [6, 6.07) is -0.166. The second-order valence-electron chi connectivity index (χ2n) is 3.84. The molecule has 1 aromatic rings. The number of carbonyl (C=O) groups is 1. The van der Waals surface area contributed by atoms with Crippen molar-refractivity contribution in [2.24, 2.45) is 0 Å². The van der Waals surface area contributed by atoms with Crippen LogP contribution in [0.25, 0.3) is 0 Å². The fraction of sp³-hybridized carbons (Fsp3) is 0.444. The summed E-state index contributed by atoms with van der Waals surface area (Å²) >= 11 is 5.47. The van der Waals surface area contributed by atoms with Crippen molar-refractivity contribution >= 4 is 27.5 Å². The van der Waals surface area contributed by atoms with Crippen molar-refractivity contribution < 1.29 is 13.2 Å². The van der Waals surface area contributed by atoms with Crippen LogP contribution in [0.2, 0.25) is 5.28 Å². The number of hydrogen-bond donors (Lipinski definition) is 2. The van der Waals surface area contributed by atoms with Crippen LogP contribution in [0, 0.1) is 0 Å². The summed E-state index contributed by atoms with van der Waals surface area (Å²) in [7, 11) is -3.67. The number of halogens is 1. The van der Waals surface area contributed by atoms with Gasteiger partial charge in [-0.25, -0.2) is 23.1 Å². The van der Waals surface area contributed by atoms with E-state index in [9.17, 15) is 13.2 Å². The molecular weight excluding hydrogens is 280 g/mol. The average molecular weight is 291 g/mol. The third-order valence-electron chi connectivity index (χ3n) is 2.51. The van der Waals surface area contributed by atoms with Crippen molar-refractivity contribution in [1.29, 1.82) is 0 Å². The summed E-state index contributed by atoms with van der Waals surface area (Å²) in [6.45, 7) is 0.150. The molecule has 1 saturated heterocycles. The molecule has 7 nitrogen and oxygen atoms in total. The number of aromatic nitrogens is 2. The molecule has 2 heterocycles. The maximum absolute atomic E-state index is 11.8. The van der Waals surface area contributed by atoms with Crippen LogP contribution in [0.4, 0.5) is 0 Å². The van der Waals surface area contributed by atoms with Gasteiger partial charge in [-0.3, -0.25) is 4.79 Å². The minimum absolute atomic E-state index is 0.0167. The summed E-state index contributed by atoms with van der Waals surface area (Å²) in [5, 5.41) is 2.65. The molecule has 0 spiro atoms. The third kappa shape index (κ3) is 3.15. The first-order chi connectivity index (χ1) is 8.47. The lowest BCUT2D eigenvalue weighted by Crippen LogP contribution is -2.38. The number of nitrogens with one attached hydrogen (secondary N) is 2. The number of amides is 1. The van der Waals surface area contributed by atoms with E-state index in [1.807, 2.05) is 0 Å². The van der Waals surface area contributed by atoms with Crippen LogP contribution in [-0.2, 0) is 14.8 Å². The van der Waals surface area contributed by atoms with E-state index in [4.69, 9.17) is 11.6 Å². The lowest BCUT2D eigenvalue weighted by molar-refractivity contribution is -0.119. The molecule has 1 unspecified atom stereocenters. The highest BCUT2D eigenvalue weighted by Gasteiger charge is 2.23. The highest BCUT2D eigenvalue weighted by atomic mass is 35.5. The molecular formula is C9H11ClN4O3S. The van der Waals surface area contributed by atoms with Gasteiger partial charge in [0.15, 0.2) is 0 Å². The van der Waals surface area contributed by atoms with E-state index in [1.165, 1.54) is 0 Å². The summed E-state index contributed by atoms with van der Waals surface area (Å²) in [5.74, 6) is -0.0611. The lowest BCUT2D eigenvalue weighted by atomic mass is 10.2. The Hall–Kier alpha value is -1.25.